The van der Waals surface area contributed by atoms with Gasteiger partial charge in [0.25, 0.3) is 11.8 Å². The van der Waals surface area contributed by atoms with Gasteiger partial charge in [0.15, 0.2) is 0 Å². The zero-order chi connectivity index (χ0) is 22.9. The lowest BCUT2D eigenvalue weighted by molar-refractivity contribution is -0.123. The minimum absolute atomic E-state index is 0.112. The minimum atomic E-state index is -0.719. The lowest BCUT2D eigenvalue weighted by atomic mass is 10.0. The maximum absolute atomic E-state index is 12.8. The summed E-state index contributed by atoms with van der Waals surface area (Å²) in [5.74, 6) is -0.0789. The largest absolute Gasteiger partial charge is 0.493 e. The van der Waals surface area contributed by atoms with E-state index in [2.05, 4.69) is 15.8 Å². The third-order valence-corrected chi connectivity index (χ3v) is 5.03. The van der Waals surface area contributed by atoms with Crippen LogP contribution in [0.2, 0.25) is 0 Å². The number of carbonyl (C=O) groups is 2. The molecule has 0 aromatic heterocycles. The Labute approximate surface area is 188 Å². The maximum Gasteiger partial charge on any atom is 0.262 e. The first-order chi connectivity index (χ1) is 15.5. The molecule has 0 fully saturated rings. The summed E-state index contributed by atoms with van der Waals surface area (Å²) in [6.45, 7) is 6.39. The van der Waals surface area contributed by atoms with Gasteiger partial charge in [-0.05, 0) is 41.3 Å². The Morgan fingerprint density at radius 3 is 2.44 bits per heavy atom. The average Bonchev–Trinajstić information content (AvgIpc) is 2.81. The van der Waals surface area contributed by atoms with Crippen molar-refractivity contribution >= 4 is 28.8 Å². The van der Waals surface area contributed by atoms with Crippen LogP contribution in [0.25, 0.3) is 10.8 Å². The van der Waals surface area contributed by atoms with Crippen LogP contribution in [-0.4, -0.2) is 30.7 Å². The molecule has 0 saturated carbocycles. The molecule has 32 heavy (non-hydrogen) atoms. The standard InChI is InChI=1S/C26H29N3O3/c1-4-16-32-23-15-14-19-10-8-9-13-21(19)22(23)17-27-29-26(31)24(18(2)3)28-25(30)20-11-6-5-7-12-20/h5-15,17-18,24H,4,16H2,1-3H3,(H,28,30)(H,29,31)/b27-17+. The highest BCUT2D eigenvalue weighted by molar-refractivity contribution is 6.03. The molecule has 1 unspecified atom stereocenters. The molecule has 0 bridgehead atoms. The number of ether oxygens (including phenoxy) is 1. The number of hydrogen-bond donors (Lipinski definition) is 2. The van der Waals surface area contributed by atoms with Gasteiger partial charge in [0, 0.05) is 11.1 Å². The molecule has 0 aliphatic rings. The summed E-state index contributed by atoms with van der Waals surface area (Å²) in [4.78, 5) is 25.3. The Kier molecular flexibility index (Phi) is 7.97. The second-order valence-electron chi connectivity index (χ2n) is 7.84. The van der Waals surface area contributed by atoms with E-state index in [4.69, 9.17) is 4.74 Å². The highest BCUT2D eigenvalue weighted by Gasteiger charge is 2.24. The van der Waals surface area contributed by atoms with Gasteiger partial charge < -0.3 is 10.1 Å². The van der Waals surface area contributed by atoms with E-state index in [0.717, 1.165) is 22.8 Å². The number of carbonyl (C=O) groups excluding carboxylic acids is 2. The van der Waals surface area contributed by atoms with Gasteiger partial charge in [-0.15, -0.1) is 0 Å². The summed E-state index contributed by atoms with van der Waals surface area (Å²) in [6.07, 6.45) is 2.49. The molecule has 2 N–H and O–H groups in total. The Morgan fingerprint density at radius 2 is 1.72 bits per heavy atom. The van der Waals surface area contributed by atoms with Crippen LogP contribution in [0.15, 0.2) is 71.8 Å². The summed E-state index contributed by atoms with van der Waals surface area (Å²) in [7, 11) is 0. The second-order valence-corrected chi connectivity index (χ2v) is 7.84. The lowest BCUT2D eigenvalue weighted by Gasteiger charge is -2.20. The third-order valence-electron chi connectivity index (χ3n) is 5.03. The molecule has 2 amide bonds. The van der Waals surface area contributed by atoms with Gasteiger partial charge >= 0.3 is 0 Å². The molecule has 3 rings (SSSR count). The molecule has 0 heterocycles. The number of rotatable bonds is 9. The van der Waals surface area contributed by atoms with E-state index in [1.54, 1.807) is 30.5 Å². The van der Waals surface area contributed by atoms with E-state index in [0.29, 0.717) is 17.9 Å². The van der Waals surface area contributed by atoms with Gasteiger partial charge in [-0.2, -0.15) is 5.10 Å². The minimum Gasteiger partial charge on any atom is -0.493 e. The SMILES string of the molecule is CCCOc1ccc2ccccc2c1/C=N/NC(=O)C(NC(=O)c1ccccc1)C(C)C. The zero-order valence-corrected chi connectivity index (χ0v) is 18.7. The van der Waals surface area contributed by atoms with Crippen molar-refractivity contribution in [3.63, 3.8) is 0 Å². The fourth-order valence-electron chi connectivity index (χ4n) is 3.33. The van der Waals surface area contributed by atoms with Crippen LogP contribution >= 0.6 is 0 Å². The molecular weight excluding hydrogens is 402 g/mol. The van der Waals surface area contributed by atoms with Gasteiger partial charge in [-0.25, -0.2) is 5.43 Å². The van der Waals surface area contributed by atoms with Gasteiger partial charge in [-0.1, -0.05) is 69.3 Å². The van der Waals surface area contributed by atoms with Crippen molar-refractivity contribution in [3.8, 4) is 5.75 Å². The molecule has 6 nitrogen and oxygen atoms in total. The predicted octanol–water partition coefficient (Wildman–Crippen LogP) is 4.53. The summed E-state index contributed by atoms with van der Waals surface area (Å²) in [5.41, 5.74) is 3.88. The molecular formula is C26H29N3O3. The van der Waals surface area contributed by atoms with Crippen LogP contribution in [0.5, 0.6) is 5.75 Å². The molecule has 3 aromatic rings. The van der Waals surface area contributed by atoms with E-state index >= 15 is 0 Å². The Hall–Kier alpha value is -3.67. The zero-order valence-electron chi connectivity index (χ0n) is 18.7. The summed E-state index contributed by atoms with van der Waals surface area (Å²) in [5, 5.41) is 9.03. The topological polar surface area (TPSA) is 79.8 Å². The van der Waals surface area contributed by atoms with Crippen molar-refractivity contribution < 1.29 is 14.3 Å². The molecule has 6 heteroatoms. The molecule has 0 radical (unpaired) electrons. The molecule has 0 aliphatic carbocycles. The normalized spacial score (nSPS) is 12.1. The van der Waals surface area contributed by atoms with E-state index in [-0.39, 0.29) is 17.7 Å². The molecule has 0 spiro atoms. The van der Waals surface area contributed by atoms with Crippen LogP contribution in [0.3, 0.4) is 0 Å². The van der Waals surface area contributed by atoms with Crippen molar-refractivity contribution in [3.05, 3.63) is 77.9 Å². The van der Waals surface area contributed by atoms with Crippen LogP contribution in [0.1, 0.15) is 43.1 Å². The monoisotopic (exact) mass is 431 g/mol. The van der Waals surface area contributed by atoms with E-state index in [9.17, 15) is 9.59 Å². The molecule has 0 saturated heterocycles. The van der Waals surface area contributed by atoms with Gasteiger partial charge in [0.2, 0.25) is 0 Å². The fourth-order valence-corrected chi connectivity index (χ4v) is 3.33. The number of hydrazone groups is 1. The fraction of sp³-hybridized carbons (Fsp3) is 0.269. The number of hydrogen-bond acceptors (Lipinski definition) is 4. The van der Waals surface area contributed by atoms with Gasteiger partial charge in [0.05, 0.1) is 12.8 Å². The molecule has 166 valence electrons. The first-order valence-electron chi connectivity index (χ1n) is 10.8. The number of nitrogens with zero attached hydrogens (tertiary/aromatic N) is 1. The summed E-state index contributed by atoms with van der Waals surface area (Å²) < 4.78 is 5.88. The Balaban J connectivity index is 1.77. The lowest BCUT2D eigenvalue weighted by Crippen LogP contribution is -2.48. The van der Waals surface area contributed by atoms with Gasteiger partial charge in [-0.3, -0.25) is 9.59 Å². The smallest absolute Gasteiger partial charge is 0.262 e. The average molecular weight is 432 g/mol. The number of fused-ring (bicyclic) bond motifs is 1. The number of amides is 2. The Bertz CT molecular complexity index is 1090. The van der Waals surface area contributed by atoms with Crippen molar-refractivity contribution in [2.24, 2.45) is 11.0 Å². The number of benzene rings is 3. The Morgan fingerprint density at radius 1 is 1.00 bits per heavy atom. The summed E-state index contributed by atoms with van der Waals surface area (Å²) >= 11 is 0. The predicted molar refractivity (Wildman–Crippen MR) is 128 cm³/mol. The van der Waals surface area contributed by atoms with E-state index in [1.807, 2.05) is 63.2 Å². The van der Waals surface area contributed by atoms with Gasteiger partial charge in [0.1, 0.15) is 11.8 Å². The van der Waals surface area contributed by atoms with Crippen molar-refractivity contribution in [1.82, 2.24) is 10.7 Å². The maximum atomic E-state index is 12.8. The molecule has 3 aromatic carbocycles. The van der Waals surface area contributed by atoms with Crippen LogP contribution in [-0.2, 0) is 4.79 Å². The van der Waals surface area contributed by atoms with Crippen molar-refractivity contribution in [2.75, 3.05) is 6.61 Å². The highest BCUT2D eigenvalue weighted by atomic mass is 16.5. The molecule has 1 atom stereocenters. The highest BCUT2D eigenvalue weighted by Crippen LogP contribution is 2.26. The number of nitrogens with one attached hydrogen (secondary N) is 2. The van der Waals surface area contributed by atoms with Crippen molar-refractivity contribution in [1.29, 1.82) is 0 Å². The summed E-state index contributed by atoms with van der Waals surface area (Å²) in [6, 6.07) is 20.0. The first kappa shape index (κ1) is 23.0. The van der Waals surface area contributed by atoms with E-state index in [1.165, 1.54) is 0 Å². The van der Waals surface area contributed by atoms with Crippen LogP contribution in [0.4, 0.5) is 0 Å². The molecule has 0 aliphatic heterocycles. The van der Waals surface area contributed by atoms with E-state index < -0.39 is 6.04 Å². The third kappa shape index (κ3) is 5.72. The quantitative estimate of drug-likeness (QED) is 0.386. The first-order valence-corrected chi connectivity index (χ1v) is 10.8. The van der Waals surface area contributed by atoms with Crippen molar-refractivity contribution in [2.45, 2.75) is 33.2 Å². The van der Waals surface area contributed by atoms with Crippen LogP contribution in [0, 0.1) is 5.92 Å². The second kappa shape index (κ2) is 11.1. The van der Waals surface area contributed by atoms with Crippen LogP contribution < -0.4 is 15.5 Å².